The zero-order valence-electron chi connectivity index (χ0n) is 10.4. The number of aryl methyl sites for hydroxylation is 1. The van der Waals surface area contributed by atoms with E-state index in [2.05, 4.69) is 22.3 Å². The van der Waals surface area contributed by atoms with E-state index in [1.165, 1.54) is 51.4 Å². The van der Waals surface area contributed by atoms with Crippen LogP contribution in [-0.4, -0.2) is 15.4 Å². The molecule has 16 heavy (non-hydrogen) atoms. The third-order valence-corrected chi connectivity index (χ3v) is 2.84. The Balaban J connectivity index is 1.89. The van der Waals surface area contributed by atoms with E-state index in [0.717, 1.165) is 12.1 Å². The zero-order valence-corrected chi connectivity index (χ0v) is 10.4. The summed E-state index contributed by atoms with van der Waals surface area (Å²) < 4.78 is 0. The molecule has 0 aliphatic heterocycles. The van der Waals surface area contributed by atoms with Crippen molar-refractivity contribution in [3.63, 3.8) is 0 Å². The first-order chi connectivity index (χ1) is 7.93. The van der Waals surface area contributed by atoms with Gasteiger partial charge >= 0.3 is 0 Å². The molecule has 0 saturated heterocycles. The Labute approximate surface area is 98.7 Å². The van der Waals surface area contributed by atoms with Gasteiger partial charge in [-0.05, 0) is 24.1 Å². The highest BCUT2D eigenvalue weighted by Crippen LogP contribution is 2.09. The molecule has 0 spiro atoms. The highest BCUT2D eigenvalue weighted by molar-refractivity contribution is 4.94. The van der Waals surface area contributed by atoms with Crippen LogP contribution in [-0.2, 0) is 6.42 Å². The van der Waals surface area contributed by atoms with Gasteiger partial charge in [-0.15, -0.1) is 10.2 Å². The van der Waals surface area contributed by atoms with E-state index in [4.69, 9.17) is 0 Å². The molecule has 90 valence electrons. The summed E-state index contributed by atoms with van der Waals surface area (Å²) in [5.41, 5.74) is 1.07. The Morgan fingerprint density at radius 1 is 0.938 bits per heavy atom. The van der Waals surface area contributed by atoms with E-state index in [-0.39, 0.29) is 0 Å². The Hall–Kier alpha value is -0.990. The Morgan fingerprint density at radius 3 is 2.25 bits per heavy atom. The van der Waals surface area contributed by atoms with Crippen LogP contribution < -0.4 is 0 Å². The Kier molecular flexibility index (Phi) is 7.56. The molecule has 3 heteroatoms. The molecule has 3 nitrogen and oxygen atoms in total. The Bertz CT molecular complexity index is 249. The molecule has 0 N–H and O–H groups in total. The summed E-state index contributed by atoms with van der Waals surface area (Å²) in [4.78, 5) is 0. The van der Waals surface area contributed by atoms with Gasteiger partial charge in [0.15, 0.2) is 0 Å². The fraction of sp³-hybridized carbons (Fsp3) is 0.769. The molecule has 0 radical (unpaired) electrons. The predicted octanol–water partition coefficient (Wildman–Crippen LogP) is 3.55. The fourth-order valence-corrected chi connectivity index (χ4v) is 1.84. The third kappa shape index (κ3) is 6.49. The molecule has 1 aromatic rings. The Morgan fingerprint density at radius 2 is 1.62 bits per heavy atom. The van der Waals surface area contributed by atoms with Crippen molar-refractivity contribution in [2.24, 2.45) is 0 Å². The quantitative estimate of drug-likeness (QED) is 0.598. The summed E-state index contributed by atoms with van der Waals surface area (Å²) in [5.74, 6) is 0. The van der Waals surface area contributed by atoms with Crippen LogP contribution in [0.3, 0.4) is 0 Å². The number of rotatable bonds is 9. The monoisotopic (exact) mass is 221 g/mol. The molecular formula is C13H23N3. The van der Waals surface area contributed by atoms with E-state index in [1.807, 2.05) is 6.07 Å². The SMILES string of the molecule is CCCCCCCCCCc1ccnnn1. The smallest absolute Gasteiger partial charge is 0.0664 e. The zero-order chi connectivity index (χ0) is 11.5. The van der Waals surface area contributed by atoms with Crippen molar-refractivity contribution in [3.8, 4) is 0 Å². The lowest BCUT2D eigenvalue weighted by Crippen LogP contribution is -1.94. The minimum atomic E-state index is 1.05. The van der Waals surface area contributed by atoms with E-state index in [9.17, 15) is 0 Å². The van der Waals surface area contributed by atoms with Gasteiger partial charge in [0.2, 0.25) is 0 Å². The minimum absolute atomic E-state index is 1.05. The van der Waals surface area contributed by atoms with Crippen LogP contribution in [0.4, 0.5) is 0 Å². The van der Waals surface area contributed by atoms with Gasteiger partial charge in [0.1, 0.15) is 0 Å². The summed E-state index contributed by atoms with van der Waals surface area (Å²) in [6.45, 7) is 2.26. The molecule has 0 aromatic carbocycles. The van der Waals surface area contributed by atoms with Crippen LogP contribution in [0.1, 0.15) is 64.0 Å². The van der Waals surface area contributed by atoms with Gasteiger partial charge < -0.3 is 0 Å². The third-order valence-electron chi connectivity index (χ3n) is 2.84. The van der Waals surface area contributed by atoms with Crippen LogP contribution >= 0.6 is 0 Å². The maximum Gasteiger partial charge on any atom is 0.0664 e. The summed E-state index contributed by atoms with van der Waals surface area (Å²) in [7, 11) is 0. The standard InChI is InChI=1S/C13H23N3/c1-2-3-4-5-6-7-8-9-10-13-11-12-14-16-15-13/h11-12H,2-10H2,1H3. The molecule has 1 aromatic heterocycles. The van der Waals surface area contributed by atoms with Crippen molar-refractivity contribution < 1.29 is 0 Å². The van der Waals surface area contributed by atoms with Gasteiger partial charge in [0, 0.05) is 0 Å². The van der Waals surface area contributed by atoms with Crippen LogP contribution in [0.25, 0.3) is 0 Å². The highest BCUT2D eigenvalue weighted by atomic mass is 15.3. The molecule has 0 bridgehead atoms. The first kappa shape index (κ1) is 13.1. The first-order valence-corrected chi connectivity index (χ1v) is 6.56. The molecule has 0 fully saturated rings. The van der Waals surface area contributed by atoms with E-state index in [1.54, 1.807) is 6.20 Å². The first-order valence-electron chi connectivity index (χ1n) is 6.56. The molecule has 1 heterocycles. The second-order valence-electron chi connectivity index (χ2n) is 4.34. The van der Waals surface area contributed by atoms with Crippen molar-refractivity contribution in [2.45, 2.75) is 64.7 Å². The van der Waals surface area contributed by atoms with Gasteiger partial charge in [-0.3, -0.25) is 0 Å². The van der Waals surface area contributed by atoms with Crippen molar-refractivity contribution in [1.29, 1.82) is 0 Å². The molecular weight excluding hydrogens is 198 g/mol. The number of hydrogen-bond acceptors (Lipinski definition) is 3. The minimum Gasteiger partial charge on any atom is -0.139 e. The normalized spacial score (nSPS) is 10.6. The van der Waals surface area contributed by atoms with Crippen molar-refractivity contribution in [3.05, 3.63) is 18.0 Å². The summed E-state index contributed by atoms with van der Waals surface area (Å²) in [5, 5.41) is 11.3. The van der Waals surface area contributed by atoms with Crippen LogP contribution in [0.2, 0.25) is 0 Å². The average Bonchev–Trinajstić information content (AvgIpc) is 2.34. The van der Waals surface area contributed by atoms with Crippen molar-refractivity contribution >= 4 is 0 Å². The van der Waals surface area contributed by atoms with E-state index in [0.29, 0.717) is 0 Å². The number of hydrogen-bond donors (Lipinski definition) is 0. The predicted molar refractivity (Wildman–Crippen MR) is 66.1 cm³/mol. The van der Waals surface area contributed by atoms with Gasteiger partial charge in [0.05, 0.1) is 11.9 Å². The topological polar surface area (TPSA) is 38.7 Å². The lowest BCUT2D eigenvalue weighted by atomic mass is 10.1. The second kappa shape index (κ2) is 9.25. The highest BCUT2D eigenvalue weighted by Gasteiger charge is 1.95. The molecule has 0 saturated carbocycles. The molecule has 0 aliphatic carbocycles. The van der Waals surface area contributed by atoms with Crippen molar-refractivity contribution in [2.75, 3.05) is 0 Å². The summed E-state index contributed by atoms with van der Waals surface area (Å²) in [6, 6.07) is 1.95. The van der Waals surface area contributed by atoms with Gasteiger partial charge in [0.25, 0.3) is 0 Å². The van der Waals surface area contributed by atoms with Crippen LogP contribution in [0, 0.1) is 0 Å². The van der Waals surface area contributed by atoms with Crippen LogP contribution in [0.15, 0.2) is 12.3 Å². The maximum atomic E-state index is 3.98. The van der Waals surface area contributed by atoms with Gasteiger partial charge in [-0.1, -0.05) is 51.9 Å². The number of aromatic nitrogens is 3. The van der Waals surface area contributed by atoms with Crippen LogP contribution in [0.5, 0.6) is 0 Å². The van der Waals surface area contributed by atoms with E-state index < -0.39 is 0 Å². The summed E-state index contributed by atoms with van der Waals surface area (Å²) in [6.07, 6.45) is 13.6. The average molecular weight is 221 g/mol. The maximum absolute atomic E-state index is 3.98. The number of unbranched alkanes of at least 4 members (excludes halogenated alkanes) is 7. The molecule has 0 unspecified atom stereocenters. The van der Waals surface area contributed by atoms with Gasteiger partial charge in [-0.2, -0.15) is 0 Å². The molecule has 1 rings (SSSR count). The molecule has 0 amide bonds. The lowest BCUT2D eigenvalue weighted by molar-refractivity contribution is 0.572. The van der Waals surface area contributed by atoms with Crippen molar-refractivity contribution in [1.82, 2.24) is 15.4 Å². The summed E-state index contributed by atoms with van der Waals surface area (Å²) >= 11 is 0. The molecule has 0 aliphatic rings. The largest absolute Gasteiger partial charge is 0.139 e. The second-order valence-corrected chi connectivity index (χ2v) is 4.34. The van der Waals surface area contributed by atoms with E-state index >= 15 is 0 Å². The fourth-order valence-electron chi connectivity index (χ4n) is 1.84. The number of nitrogens with zero attached hydrogens (tertiary/aromatic N) is 3. The lowest BCUT2D eigenvalue weighted by Gasteiger charge is -2.01. The molecule has 0 atom stereocenters. The van der Waals surface area contributed by atoms with Gasteiger partial charge in [-0.25, -0.2) is 0 Å².